The minimum absolute atomic E-state index is 0.0796. The van der Waals surface area contributed by atoms with Crippen molar-refractivity contribution in [2.45, 2.75) is 32.4 Å². The first-order valence-corrected chi connectivity index (χ1v) is 13.7. The van der Waals surface area contributed by atoms with E-state index in [1.807, 2.05) is 44.2 Å². The minimum Gasteiger partial charge on any atom is -0.355 e. The van der Waals surface area contributed by atoms with Crippen LogP contribution in [0.1, 0.15) is 29.5 Å². The number of carbonyl (C=O) groups is 1. The average molecular weight is 504 g/mol. The predicted octanol–water partition coefficient (Wildman–Crippen LogP) is 5.21. The number of sulfonamides is 1. The van der Waals surface area contributed by atoms with Gasteiger partial charge in [0.2, 0.25) is 15.9 Å². The van der Waals surface area contributed by atoms with E-state index in [2.05, 4.69) is 5.32 Å². The predicted molar refractivity (Wildman–Crippen MR) is 133 cm³/mol. The number of nitrogens with one attached hydrogen (secondary N) is 1. The molecule has 0 aliphatic rings. The summed E-state index contributed by atoms with van der Waals surface area (Å²) in [6, 6.07) is 11.2. The van der Waals surface area contributed by atoms with E-state index >= 15 is 0 Å². The van der Waals surface area contributed by atoms with Crippen LogP contribution < -0.4 is 9.62 Å². The van der Waals surface area contributed by atoms with Gasteiger partial charge in [-0.15, -0.1) is 0 Å². The van der Waals surface area contributed by atoms with Crippen LogP contribution in [-0.2, 0) is 20.6 Å². The number of rotatable bonds is 11. The van der Waals surface area contributed by atoms with E-state index in [1.165, 1.54) is 10.6 Å². The molecule has 0 bridgehead atoms. The molecule has 9 heteroatoms. The van der Waals surface area contributed by atoms with Gasteiger partial charge in [-0.2, -0.15) is 11.8 Å². The van der Waals surface area contributed by atoms with Gasteiger partial charge >= 0.3 is 0 Å². The molecule has 0 aliphatic carbocycles. The van der Waals surface area contributed by atoms with Crippen LogP contribution in [0, 0.1) is 13.8 Å². The van der Waals surface area contributed by atoms with Gasteiger partial charge in [-0.1, -0.05) is 35.3 Å². The van der Waals surface area contributed by atoms with E-state index in [1.54, 1.807) is 17.8 Å². The number of carbonyl (C=O) groups excluding carboxylic acids is 1. The highest BCUT2D eigenvalue weighted by molar-refractivity contribution is 7.98. The van der Waals surface area contributed by atoms with Crippen LogP contribution >= 0.6 is 35.0 Å². The first kappa shape index (κ1) is 25.8. The maximum absolute atomic E-state index is 12.2. The molecule has 0 heterocycles. The quantitative estimate of drug-likeness (QED) is 0.428. The zero-order chi connectivity index (χ0) is 23.0. The lowest BCUT2D eigenvalue weighted by Crippen LogP contribution is -2.32. The van der Waals surface area contributed by atoms with E-state index < -0.39 is 10.0 Å². The van der Waals surface area contributed by atoms with Crippen LogP contribution in [0.2, 0.25) is 10.0 Å². The molecular weight excluding hydrogens is 475 g/mol. The number of halogens is 2. The SMILES string of the molecule is Cc1cc(C)cc(N(CCCC(=O)NCCSCc2ccc(Cl)c(Cl)c2)S(C)(=O)=O)c1. The summed E-state index contributed by atoms with van der Waals surface area (Å²) in [5.41, 5.74) is 3.72. The standard InChI is InChI=1S/C22H28Cl2N2O3S2/c1-16-11-17(2)13-19(12-16)26(31(3,28)29)9-4-5-22(27)25-8-10-30-15-18-6-7-20(23)21(24)14-18/h6-7,11-14H,4-5,8-10,15H2,1-3H3,(H,25,27). The Hall–Kier alpha value is -1.41. The Kier molecular flexibility index (Phi) is 10.0. The van der Waals surface area contributed by atoms with Gasteiger partial charge in [-0.3, -0.25) is 9.10 Å². The van der Waals surface area contributed by atoms with Crippen molar-refractivity contribution >= 4 is 56.6 Å². The third-order valence-corrected chi connectivity index (χ3v) is 7.44. The first-order valence-electron chi connectivity index (χ1n) is 9.90. The van der Waals surface area contributed by atoms with Crippen molar-refractivity contribution in [3.63, 3.8) is 0 Å². The fourth-order valence-electron chi connectivity index (χ4n) is 3.13. The minimum atomic E-state index is -3.43. The van der Waals surface area contributed by atoms with Crippen LogP contribution in [0.15, 0.2) is 36.4 Å². The molecule has 5 nitrogen and oxygen atoms in total. The fraction of sp³-hybridized carbons (Fsp3) is 0.409. The van der Waals surface area contributed by atoms with E-state index in [4.69, 9.17) is 23.2 Å². The highest BCUT2D eigenvalue weighted by Crippen LogP contribution is 2.24. The molecule has 170 valence electrons. The second-order valence-electron chi connectivity index (χ2n) is 7.44. The molecule has 0 saturated heterocycles. The zero-order valence-corrected chi connectivity index (χ0v) is 21.1. The van der Waals surface area contributed by atoms with Crippen molar-refractivity contribution < 1.29 is 13.2 Å². The lowest BCUT2D eigenvalue weighted by Gasteiger charge is -2.23. The molecule has 0 spiro atoms. The Bertz CT molecular complexity index is 994. The number of thioether (sulfide) groups is 1. The van der Waals surface area contributed by atoms with E-state index in [-0.39, 0.29) is 18.9 Å². The summed E-state index contributed by atoms with van der Waals surface area (Å²) in [6.45, 7) is 4.69. The average Bonchev–Trinajstić information content (AvgIpc) is 2.66. The summed E-state index contributed by atoms with van der Waals surface area (Å²) < 4.78 is 25.8. The van der Waals surface area contributed by atoms with Gasteiger partial charge in [0, 0.05) is 31.0 Å². The molecule has 0 saturated carbocycles. The Balaban J connectivity index is 1.73. The molecule has 1 N–H and O–H groups in total. The summed E-state index contributed by atoms with van der Waals surface area (Å²) in [4.78, 5) is 12.1. The Morgan fingerprint density at radius 1 is 1.06 bits per heavy atom. The summed E-state index contributed by atoms with van der Waals surface area (Å²) in [5.74, 6) is 1.47. The molecular formula is C22H28Cl2N2O3S2. The summed E-state index contributed by atoms with van der Waals surface area (Å²) in [6.07, 6.45) is 1.91. The smallest absolute Gasteiger partial charge is 0.232 e. The number of aryl methyl sites for hydroxylation is 2. The second kappa shape index (κ2) is 12.0. The van der Waals surface area contributed by atoms with Gasteiger partial charge < -0.3 is 5.32 Å². The highest BCUT2D eigenvalue weighted by atomic mass is 35.5. The third-order valence-electron chi connectivity index (χ3n) is 4.48. The molecule has 0 fully saturated rings. The van der Waals surface area contributed by atoms with Crippen molar-refractivity contribution in [2.24, 2.45) is 0 Å². The molecule has 0 aliphatic heterocycles. The molecule has 2 rings (SSSR count). The molecule has 0 radical (unpaired) electrons. The van der Waals surface area contributed by atoms with Crippen LogP contribution in [0.4, 0.5) is 5.69 Å². The van der Waals surface area contributed by atoms with Crippen LogP contribution in [0.3, 0.4) is 0 Å². The number of benzene rings is 2. The van der Waals surface area contributed by atoms with Crippen LogP contribution in [-0.4, -0.2) is 39.4 Å². The van der Waals surface area contributed by atoms with Crippen molar-refractivity contribution in [1.29, 1.82) is 0 Å². The molecule has 0 aromatic heterocycles. The Labute approximate surface area is 199 Å². The topological polar surface area (TPSA) is 66.5 Å². The van der Waals surface area contributed by atoms with Gasteiger partial charge in [0.1, 0.15) is 0 Å². The number of nitrogens with zero attached hydrogens (tertiary/aromatic N) is 1. The lowest BCUT2D eigenvalue weighted by molar-refractivity contribution is -0.121. The van der Waals surface area contributed by atoms with Gasteiger partial charge in [-0.25, -0.2) is 8.42 Å². The van der Waals surface area contributed by atoms with E-state index in [9.17, 15) is 13.2 Å². The van der Waals surface area contributed by atoms with Crippen LogP contribution in [0.25, 0.3) is 0 Å². The van der Waals surface area contributed by atoms with Gasteiger partial charge in [0.25, 0.3) is 0 Å². The van der Waals surface area contributed by atoms with Crippen molar-refractivity contribution in [2.75, 3.05) is 29.4 Å². The molecule has 31 heavy (non-hydrogen) atoms. The maximum atomic E-state index is 12.2. The number of amides is 1. The number of hydrogen-bond donors (Lipinski definition) is 1. The maximum Gasteiger partial charge on any atom is 0.232 e. The van der Waals surface area contributed by atoms with Crippen LogP contribution in [0.5, 0.6) is 0 Å². The number of anilines is 1. The zero-order valence-electron chi connectivity index (χ0n) is 18.0. The molecule has 1 amide bonds. The van der Waals surface area contributed by atoms with Crippen molar-refractivity contribution in [3.05, 3.63) is 63.1 Å². The lowest BCUT2D eigenvalue weighted by atomic mass is 10.1. The molecule has 0 unspecified atom stereocenters. The second-order valence-corrected chi connectivity index (χ2v) is 11.3. The van der Waals surface area contributed by atoms with E-state index in [0.29, 0.717) is 28.7 Å². The van der Waals surface area contributed by atoms with E-state index in [0.717, 1.165) is 28.2 Å². The molecule has 0 atom stereocenters. The summed E-state index contributed by atoms with van der Waals surface area (Å²) in [7, 11) is -3.43. The molecule has 2 aromatic rings. The highest BCUT2D eigenvalue weighted by Gasteiger charge is 2.18. The summed E-state index contributed by atoms with van der Waals surface area (Å²) in [5, 5.41) is 3.96. The van der Waals surface area contributed by atoms with Gasteiger partial charge in [-0.05, 0) is 61.2 Å². The largest absolute Gasteiger partial charge is 0.355 e. The number of hydrogen-bond acceptors (Lipinski definition) is 4. The summed E-state index contributed by atoms with van der Waals surface area (Å²) >= 11 is 13.6. The normalized spacial score (nSPS) is 11.4. The molecule has 2 aromatic carbocycles. The monoisotopic (exact) mass is 502 g/mol. The van der Waals surface area contributed by atoms with Crippen molar-refractivity contribution in [3.8, 4) is 0 Å². The Morgan fingerprint density at radius 3 is 2.35 bits per heavy atom. The van der Waals surface area contributed by atoms with Gasteiger partial charge in [0.15, 0.2) is 0 Å². The first-order chi connectivity index (χ1) is 14.6. The fourth-order valence-corrected chi connectivity index (χ4v) is 5.21. The Morgan fingerprint density at radius 2 is 1.74 bits per heavy atom. The van der Waals surface area contributed by atoms with Crippen molar-refractivity contribution in [1.82, 2.24) is 5.32 Å². The van der Waals surface area contributed by atoms with Gasteiger partial charge in [0.05, 0.1) is 22.0 Å². The third kappa shape index (κ3) is 8.93.